The SMILES string of the molecule is CC(C(N)=O)N(C)c1cccc(Cl)c1C=O. The number of rotatable bonds is 4. The summed E-state index contributed by atoms with van der Waals surface area (Å²) < 4.78 is 0. The van der Waals surface area contributed by atoms with E-state index in [-0.39, 0.29) is 0 Å². The molecule has 0 aliphatic rings. The summed E-state index contributed by atoms with van der Waals surface area (Å²) in [6.45, 7) is 1.66. The Morgan fingerprint density at radius 1 is 1.56 bits per heavy atom. The van der Waals surface area contributed by atoms with Crippen molar-refractivity contribution in [2.45, 2.75) is 13.0 Å². The largest absolute Gasteiger partial charge is 0.368 e. The quantitative estimate of drug-likeness (QED) is 0.811. The van der Waals surface area contributed by atoms with E-state index >= 15 is 0 Å². The lowest BCUT2D eigenvalue weighted by Crippen LogP contribution is -2.40. The van der Waals surface area contributed by atoms with Crippen molar-refractivity contribution in [1.29, 1.82) is 0 Å². The summed E-state index contributed by atoms with van der Waals surface area (Å²) >= 11 is 5.88. The van der Waals surface area contributed by atoms with Crippen molar-refractivity contribution in [3.63, 3.8) is 0 Å². The van der Waals surface area contributed by atoms with E-state index < -0.39 is 11.9 Å². The van der Waals surface area contributed by atoms with Gasteiger partial charge in [0.1, 0.15) is 6.04 Å². The van der Waals surface area contributed by atoms with E-state index in [1.54, 1.807) is 37.1 Å². The number of nitrogens with two attached hydrogens (primary N) is 1. The van der Waals surface area contributed by atoms with E-state index in [9.17, 15) is 9.59 Å². The van der Waals surface area contributed by atoms with Gasteiger partial charge in [0.05, 0.1) is 10.6 Å². The second-order valence-corrected chi connectivity index (χ2v) is 3.89. The molecule has 0 bridgehead atoms. The van der Waals surface area contributed by atoms with E-state index in [1.165, 1.54) is 0 Å². The molecule has 1 atom stereocenters. The fourth-order valence-electron chi connectivity index (χ4n) is 1.35. The molecule has 1 amide bonds. The number of likely N-dealkylation sites (N-methyl/N-ethyl adjacent to an activating group) is 1. The number of hydrogen-bond donors (Lipinski definition) is 1. The lowest BCUT2D eigenvalue weighted by Gasteiger charge is -2.25. The van der Waals surface area contributed by atoms with Crippen LogP contribution in [0.2, 0.25) is 5.02 Å². The molecule has 0 aliphatic heterocycles. The van der Waals surface area contributed by atoms with Gasteiger partial charge in [0.25, 0.3) is 0 Å². The molecule has 86 valence electrons. The first-order valence-corrected chi connectivity index (χ1v) is 5.12. The highest BCUT2D eigenvalue weighted by molar-refractivity contribution is 6.33. The van der Waals surface area contributed by atoms with Gasteiger partial charge in [-0.25, -0.2) is 0 Å². The molecule has 0 aliphatic carbocycles. The number of amides is 1. The predicted octanol–water partition coefficient (Wildman–Crippen LogP) is 1.46. The molecule has 16 heavy (non-hydrogen) atoms. The molecule has 0 aromatic heterocycles. The number of carbonyl (C=O) groups excluding carboxylic acids is 2. The standard InChI is InChI=1S/C11H13ClN2O2/c1-7(11(13)16)14(2)10-5-3-4-9(12)8(10)6-15/h3-7H,1-2H3,(H2,13,16). The van der Waals surface area contributed by atoms with Crippen molar-refractivity contribution >= 4 is 29.5 Å². The van der Waals surface area contributed by atoms with Crippen LogP contribution in [0.15, 0.2) is 18.2 Å². The van der Waals surface area contributed by atoms with E-state index in [0.717, 1.165) is 0 Å². The van der Waals surface area contributed by atoms with Crippen molar-refractivity contribution in [1.82, 2.24) is 0 Å². The Labute approximate surface area is 99.0 Å². The Bertz CT molecular complexity index is 420. The Morgan fingerprint density at radius 2 is 2.19 bits per heavy atom. The molecule has 1 unspecified atom stereocenters. The maximum atomic E-state index is 11.1. The zero-order chi connectivity index (χ0) is 12.3. The van der Waals surface area contributed by atoms with Crippen molar-refractivity contribution < 1.29 is 9.59 Å². The number of hydrogen-bond acceptors (Lipinski definition) is 3. The smallest absolute Gasteiger partial charge is 0.239 e. The van der Waals surface area contributed by atoms with Crippen molar-refractivity contribution in [2.24, 2.45) is 5.73 Å². The number of halogens is 1. The second kappa shape index (κ2) is 4.99. The van der Waals surface area contributed by atoms with Crippen molar-refractivity contribution in [2.75, 3.05) is 11.9 Å². The number of aldehydes is 1. The summed E-state index contributed by atoms with van der Waals surface area (Å²) in [6, 6.07) is 4.55. The van der Waals surface area contributed by atoms with Gasteiger partial charge in [-0.15, -0.1) is 0 Å². The molecule has 0 saturated heterocycles. The Morgan fingerprint density at radius 3 is 2.69 bits per heavy atom. The molecule has 0 saturated carbocycles. The molecule has 0 spiro atoms. The first-order valence-electron chi connectivity index (χ1n) is 4.75. The van der Waals surface area contributed by atoms with Gasteiger partial charge in [-0.05, 0) is 19.1 Å². The third-order valence-corrected chi connectivity index (χ3v) is 2.85. The van der Waals surface area contributed by atoms with Gasteiger partial charge in [0.15, 0.2) is 6.29 Å². The highest BCUT2D eigenvalue weighted by Gasteiger charge is 2.18. The second-order valence-electron chi connectivity index (χ2n) is 3.48. The third-order valence-electron chi connectivity index (χ3n) is 2.52. The Balaban J connectivity index is 3.17. The minimum absolute atomic E-state index is 0.357. The van der Waals surface area contributed by atoms with Crippen LogP contribution in [0.5, 0.6) is 0 Å². The van der Waals surface area contributed by atoms with Crippen LogP contribution in [-0.2, 0) is 4.79 Å². The molecule has 0 heterocycles. The third kappa shape index (κ3) is 2.33. The average molecular weight is 241 g/mol. The van der Waals surface area contributed by atoms with E-state index in [0.29, 0.717) is 22.6 Å². The summed E-state index contributed by atoms with van der Waals surface area (Å²) in [6.07, 6.45) is 0.669. The molecule has 1 rings (SSSR count). The molecule has 1 aromatic carbocycles. The topological polar surface area (TPSA) is 63.4 Å². The molecule has 4 nitrogen and oxygen atoms in total. The fraction of sp³-hybridized carbons (Fsp3) is 0.273. The van der Waals surface area contributed by atoms with Crippen LogP contribution in [0.1, 0.15) is 17.3 Å². The molecule has 5 heteroatoms. The number of carbonyl (C=O) groups is 2. The lowest BCUT2D eigenvalue weighted by atomic mass is 10.1. The minimum Gasteiger partial charge on any atom is -0.368 e. The molecule has 0 fully saturated rings. The fourth-order valence-corrected chi connectivity index (χ4v) is 1.56. The monoisotopic (exact) mass is 240 g/mol. The van der Waals surface area contributed by atoms with Crippen LogP contribution in [0, 0.1) is 0 Å². The van der Waals surface area contributed by atoms with Gasteiger partial charge < -0.3 is 10.6 Å². The lowest BCUT2D eigenvalue weighted by molar-refractivity contribution is -0.118. The van der Waals surface area contributed by atoms with Crippen LogP contribution in [0.4, 0.5) is 5.69 Å². The summed E-state index contributed by atoms with van der Waals surface area (Å²) in [5.74, 6) is -0.459. The van der Waals surface area contributed by atoms with E-state index in [2.05, 4.69) is 0 Å². The van der Waals surface area contributed by atoms with Gasteiger partial charge in [0.2, 0.25) is 5.91 Å². The number of nitrogens with zero attached hydrogens (tertiary/aromatic N) is 1. The van der Waals surface area contributed by atoms with Gasteiger partial charge >= 0.3 is 0 Å². The van der Waals surface area contributed by atoms with Crippen molar-refractivity contribution in [3.8, 4) is 0 Å². The van der Waals surface area contributed by atoms with Crippen LogP contribution < -0.4 is 10.6 Å². The van der Waals surface area contributed by atoms with E-state index in [4.69, 9.17) is 17.3 Å². The molecule has 1 aromatic rings. The van der Waals surface area contributed by atoms with Crippen LogP contribution >= 0.6 is 11.6 Å². The number of primary amides is 1. The number of anilines is 1. The molecule has 0 radical (unpaired) electrons. The summed E-state index contributed by atoms with van der Waals surface area (Å²) in [5, 5.41) is 0.357. The average Bonchev–Trinajstić information content (AvgIpc) is 2.26. The van der Waals surface area contributed by atoms with Gasteiger partial charge in [-0.3, -0.25) is 9.59 Å². The first-order chi connectivity index (χ1) is 7.49. The summed E-state index contributed by atoms with van der Waals surface area (Å²) in [7, 11) is 1.69. The van der Waals surface area contributed by atoms with Crippen LogP contribution in [0.3, 0.4) is 0 Å². The molecule has 2 N–H and O–H groups in total. The highest BCUT2D eigenvalue weighted by Crippen LogP contribution is 2.26. The maximum absolute atomic E-state index is 11.1. The van der Waals surface area contributed by atoms with Crippen molar-refractivity contribution in [3.05, 3.63) is 28.8 Å². The summed E-state index contributed by atoms with van der Waals surface area (Å²) in [4.78, 5) is 23.6. The van der Waals surface area contributed by atoms with Gasteiger partial charge in [0, 0.05) is 12.7 Å². The normalized spacial score (nSPS) is 11.9. The highest BCUT2D eigenvalue weighted by atomic mass is 35.5. The zero-order valence-corrected chi connectivity index (χ0v) is 9.86. The number of benzene rings is 1. The van der Waals surface area contributed by atoms with E-state index in [1.807, 2.05) is 0 Å². The summed E-state index contributed by atoms with van der Waals surface area (Å²) in [5.41, 5.74) is 6.15. The predicted molar refractivity (Wildman–Crippen MR) is 63.9 cm³/mol. The minimum atomic E-state index is -0.503. The van der Waals surface area contributed by atoms with Crippen LogP contribution in [-0.4, -0.2) is 25.3 Å². The van der Waals surface area contributed by atoms with Gasteiger partial charge in [-0.1, -0.05) is 17.7 Å². The van der Waals surface area contributed by atoms with Gasteiger partial charge in [-0.2, -0.15) is 0 Å². The van der Waals surface area contributed by atoms with Crippen LogP contribution in [0.25, 0.3) is 0 Å². The molecular weight excluding hydrogens is 228 g/mol. The first kappa shape index (κ1) is 12.5. The molecular formula is C11H13ClN2O2. The Kier molecular flexibility index (Phi) is 3.90. The Hall–Kier alpha value is -1.55. The maximum Gasteiger partial charge on any atom is 0.239 e. The zero-order valence-electron chi connectivity index (χ0n) is 9.11.